The van der Waals surface area contributed by atoms with Crippen molar-refractivity contribution < 1.29 is 13.6 Å². The molecule has 0 spiro atoms. The number of carbonyl (C=O) groups is 1. The number of hydrogen-bond donors (Lipinski definition) is 1. The minimum absolute atomic E-state index is 0.120. The molecule has 1 N–H and O–H groups in total. The lowest BCUT2D eigenvalue weighted by atomic mass is 10.1. The fraction of sp³-hybridized carbons (Fsp3) is 0.0667. The van der Waals surface area contributed by atoms with Crippen molar-refractivity contribution in [3.8, 4) is 0 Å². The zero-order valence-electron chi connectivity index (χ0n) is 10.5. The first-order valence-corrected chi connectivity index (χ1v) is 6.08. The third kappa shape index (κ3) is 2.66. The normalized spacial score (nSPS) is 10.7. The summed E-state index contributed by atoms with van der Waals surface area (Å²) in [7, 11) is 0. The van der Waals surface area contributed by atoms with Crippen molar-refractivity contribution in [1.82, 2.24) is 4.98 Å². The number of rotatable bonds is 3. The van der Waals surface area contributed by atoms with E-state index in [0.717, 1.165) is 0 Å². The van der Waals surface area contributed by atoms with Crippen LogP contribution in [0, 0.1) is 5.82 Å². The Bertz CT molecular complexity index is 767. The fourth-order valence-electron chi connectivity index (χ4n) is 1.97. The van der Waals surface area contributed by atoms with E-state index < -0.39 is 0 Å². The Kier molecular flexibility index (Phi) is 3.16. The van der Waals surface area contributed by atoms with Crippen LogP contribution >= 0.6 is 0 Å². The molecule has 0 unspecified atom stereocenters. The van der Waals surface area contributed by atoms with Crippen LogP contribution in [0.2, 0.25) is 0 Å². The monoisotopic (exact) mass is 270 g/mol. The quantitative estimate of drug-likeness (QED) is 0.795. The van der Waals surface area contributed by atoms with E-state index in [1.165, 1.54) is 18.5 Å². The van der Waals surface area contributed by atoms with E-state index in [2.05, 4.69) is 10.3 Å². The van der Waals surface area contributed by atoms with Crippen LogP contribution in [0.4, 0.5) is 10.1 Å². The molecule has 0 aliphatic carbocycles. The average Bonchev–Trinajstić information content (AvgIpc) is 2.86. The second kappa shape index (κ2) is 5.13. The van der Waals surface area contributed by atoms with Crippen LogP contribution in [0.15, 0.2) is 53.3 Å². The van der Waals surface area contributed by atoms with Gasteiger partial charge in [0.25, 0.3) is 0 Å². The fourth-order valence-corrected chi connectivity index (χ4v) is 1.97. The molecule has 0 radical (unpaired) electrons. The van der Waals surface area contributed by atoms with E-state index in [0.29, 0.717) is 22.4 Å². The minimum atomic E-state index is -0.348. The van der Waals surface area contributed by atoms with Crippen LogP contribution in [0.5, 0.6) is 0 Å². The number of halogens is 1. The number of oxazole rings is 1. The van der Waals surface area contributed by atoms with E-state index in [4.69, 9.17) is 4.42 Å². The molecule has 2 aromatic carbocycles. The maximum absolute atomic E-state index is 13.0. The summed E-state index contributed by atoms with van der Waals surface area (Å²) in [6, 6.07) is 11.2. The first kappa shape index (κ1) is 12.3. The van der Waals surface area contributed by atoms with Gasteiger partial charge in [0, 0.05) is 5.69 Å². The largest absolute Gasteiger partial charge is 0.443 e. The summed E-state index contributed by atoms with van der Waals surface area (Å²) in [4.78, 5) is 15.9. The molecular formula is C15H11FN2O2. The minimum Gasteiger partial charge on any atom is -0.443 e. The molecule has 3 aromatic rings. The predicted molar refractivity (Wildman–Crippen MR) is 72.7 cm³/mol. The summed E-state index contributed by atoms with van der Waals surface area (Å²) in [5.74, 6) is -0.558. The van der Waals surface area contributed by atoms with Crippen LogP contribution in [0.1, 0.15) is 5.56 Å². The maximum Gasteiger partial charge on any atom is 0.228 e. The van der Waals surface area contributed by atoms with Crippen molar-refractivity contribution >= 4 is 22.7 Å². The number of carbonyl (C=O) groups excluding carboxylic acids is 1. The second-order valence-electron chi connectivity index (χ2n) is 4.39. The highest BCUT2D eigenvalue weighted by atomic mass is 19.1. The number of benzene rings is 2. The molecule has 4 nitrogen and oxygen atoms in total. The third-order valence-corrected chi connectivity index (χ3v) is 2.87. The van der Waals surface area contributed by atoms with Gasteiger partial charge in [0.05, 0.1) is 6.42 Å². The summed E-state index contributed by atoms with van der Waals surface area (Å²) >= 11 is 0. The summed E-state index contributed by atoms with van der Waals surface area (Å²) < 4.78 is 18.2. The van der Waals surface area contributed by atoms with Crippen LogP contribution in [0.25, 0.3) is 11.1 Å². The van der Waals surface area contributed by atoms with E-state index in [9.17, 15) is 9.18 Å². The molecule has 1 aromatic heterocycles. The Morgan fingerprint density at radius 1 is 1.25 bits per heavy atom. The summed E-state index contributed by atoms with van der Waals surface area (Å²) in [5.41, 5.74) is 2.60. The van der Waals surface area contributed by atoms with Gasteiger partial charge in [-0.05, 0) is 35.9 Å². The lowest BCUT2D eigenvalue weighted by molar-refractivity contribution is -0.115. The van der Waals surface area contributed by atoms with Gasteiger partial charge in [0.2, 0.25) is 5.91 Å². The molecule has 5 heteroatoms. The number of nitrogens with zero attached hydrogens (tertiary/aromatic N) is 1. The number of amides is 1. The zero-order chi connectivity index (χ0) is 13.9. The molecule has 0 saturated heterocycles. The van der Waals surface area contributed by atoms with Gasteiger partial charge in [-0.2, -0.15) is 0 Å². The highest BCUT2D eigenvalue weighted by molar-refractivity contribution is 5.94. The van der Waals surface area contributed by atoms with Gasteiger partial charge in [0.1, 0.15) is 11.3 Å². The van der Waals surface area contributed by atoms with Gasteiger partial charge >= 0.3 is 0 Å². The highest BCUT2D eigenvalue weighted by Gasteiger charge is 2.06. The molecule has 20 heavy (non-hydrogen) atoms. The standard InChI is InChI=1S/C15H11FN2O2/c16-11-3-1-2-10(6-11)7-15(19)18-12-4-5-14-13(8-12)17-9-20-14/h1-6,8-9H,7H2,(H,18,19). The maximum atomic E-state index is 13.0. The topological polar surface area (TPSA) is 55.1 Å². The van der Waals surface area contributed by atoms with Crippen LogP contribution in [-0.4, -0.2) is 10.9 Å². The molecule has 0 aliphatic heterocycles. The molecule has 0 fully saturated rings. The molecule has 100 valence electrons. The molecule has 0 atom stereocenters. The number of anilines is 1. The van der Waals surface area contributed by atoms with Gasteiger partial charge in [-0.3, -0.25) is 4.79 Å². The number of fused-ring (bicyclic) bond motifs is 1. The molecule has 0 aliphatic rings. The molecule has 0 bridgehead atoms. The lowest BCUT2D eigenvalue weighted by Gasteiger charge is -2.05. The molecular weight excluding hydrogens is 259 g/mol. The number of nitrogens with one attached hydrogen (secondary N) is 1. The van der Waals surface area contributed by atoms with Gasteiger partial charge in [-0.15, -0.1) is 0 Å². The van der Waals surface area contributed by atoms with E-state index in [1.807, 2.05) is 0 Å². The van der Waals surface area contributed by atoms with Crippen LogP contribution < -0.4 is 5.32 Å². The van der Waals surface area contributed by atoms with Crippen molar-refractivity contribution in [3.63, 3.8) is 0 Å². The third-order valence-electron chi connectivity index (χ3n) is 2.87. The van der Waals surface area contributed by atoms with Crippen molar-refractivity contribution in [2.75, 3.05) is 5.32 Å². The molecule has 3 rings (SSSR count). The van der Waals surface area contributed by atoms with E-state index in [1.54, 1.807) is 30.3 Å². The Morgan fingerprint density at radius 3 is 3.00 bits per heavy atom. The summed E-state index contributed by atoms with van der Waals surface area (Å²) in [6.07, 6.45) is 1.47. The van der Waals surface area contributed by atoms with Gasteiger partial charge in [-0.1, -0.05) is 12.1 Å². The first-order chi connectivity index (χ1) is 9.70. The van der Waals surface area contributed by atoms with Crippen LogP contribution in [-0.2, 0) is 11.2 Å². The lowest BCUT2D eigenvalue weighted by Crippen LogP contribution is -2.14. The van der Waals surface area contributed by atoms with E-state index in [-0.39, 0.29) is 18.1 Å². The number of aromatic nitrogens is 1. The highest BCUT2D eigenvalue weighted by Crippen LogP contribution is 2.17. The van der Waals surface area contributed by atoms with Crippen molar-refractivity contribution in [1.29, 1.82) is 0 Å². The second-order valence-corrected chi connectivity index (χ2v) is 4.39. The molecule has 0 saturated carbocycles. The van der Waals surface area contributed by atoms with Crippen molar-refractivity contribution in [3.05, 3.63) is 60.2 Å². The predicted octanol–water partition coefficient (Wildman–Crippen LogP) is 3.15. The van der Waals surface area contributed by atoms with Gasteiger partial charge < -0.3 is 9.73 Å². The summed E-state index contributed by atoms with van der Waals surface area (Å²) in [5, 5.41) is 2.75. The Balaban J connectivity index is 1.72. The first-order valence-electron chi connectivity index (χ1n) is 6.08. The zero-order valence-corrected chi connectivity index (χ0v) is 10.5. The van der Waals surface area contributed by atoms with Gasteiger partial charge in [-0.25, -0.2) is 9.37 Å². The average molecular weight is 270 g/mol. The van der Waals surface area contributed by atoms with Gasteiger partial charge in [0.15, 0.2) is 12.0 Å². The molecule has 1 heterocycles. The Labute approximate surface area is 114 Å². The van der Waals surface area contributed by atoms with Crippen molar-refractivity contribution in [2.24, 2.45) is 0 Å². The van der Waals surface area contributed by atoms with Crippen molar-refractivity contribution in [2.45, 2.75) is 6.42 Å². The number of hydrogen-bond acceptors (Lipinski definition) is 3. The molecule has 1 amide bonds. The van der Waals surface area contributed by atoms with E-state index >= 15 is 0 Å². The Morgan fingerprint density at radius 2 is 2.15 bits per heavy atom. The van der Waals surface area contributed by atoms with Crippen LogP contribution in [0.3, 0.4) is 0 Å². The smallest absolute Gasteiger partial charge is 0.228 e. The summed E-state index contributed by atoms with van der Waals surface area (Å²) in [6.45, 7) is 0. The Hall–Kier alpha value is -2.69. The SMILES string of the molecule is O=C(Cc1cccc(F)c1)Nc1ccc2ocnc2c1.